The Kier molecular flexibility index (Phi) is 2.54. The van der Waals surface area contributed by atoms with Gasteiger partial charge in [0.1, 0.15) is 11.7 Å². The molecule has 1 aromatic rings. The summed E-state index contributed by atoms with van der Waals surface area (Å²) in [7, 11) is 0. The molecule has 3 nitrogen and oxygen atoms in total. The average Bonchev–Trinajstić information content (AvgIpc) is 2.72. The van der Waals surface area contributed by atoms with Crippen molar-refractivity contribution in [3.63, 3.8) is 0 Å². The minimum atomic E-state index is -0.879. The fourth-order valence-electron chi connectivity index (χ4n) is 2.85. The van der Waals surface area contributed by atoms with E-state index in [0.29, 0.717) is 19.4 Å². The number of hydrogen-bond donors (Lipinski definition) is 2. The Morgan fingerprint density at radius 3 is 3.00 bits per heavy atom. The number of ether oxygens (including phenoxy) is 1. The number of fused-ring (bicyclic) bond motifs is 3. The summed E-state index contributed by atoms with van der Waals surface area (Å²) in [6.45, 7) is 0.698. The number of benzene rings is 1. The second-order valence-electron chi connectivity index (χ2n) is 4.68. The van der Waals surface area contributed by atoms with Crippen molar-refractivity contribution in [2.24, 2.45) is 0 Å². The second-order valence-corrected chi connectivity index (χ2v) is 4.68. The zero-order valence-corrected chi connectivity index (χ0v) is 9.60. The van der Waals surface area contributed by atoms with Gasteiger partial charge in [0, 0.05) is 13.0 Å². The van der Waals surface area contributed by atoms with Crippen LogP contribution in [0.25, 0.3) is 5.57 Å². The highest BCUT2D eigenvalue weighted by atomic mass is 16.5. The standard InChI is InChI=1S/C14H16O3/c15-7-5-10-9-13-14(16,6-8-17-13)12-4-2-1-3-11(10)12/h1-4,9,13,15-16H,5-8H2/t13-,14-/m0/s1. The summed E-state index contributed by atoms with van der Waals surface area (Å²) >= 11 is 0. The van der Waals surface area contributed by atoms with E-state index >= 15 is 0 Å². The van der Waals surface area contributed by atoms with E-state index in [2.05, 4.69) is 0 Å². The molecule has 0 radical (unpaired) electrons. The molecule has 0 unspecified atom stereocenters. The third-order valence-corrected chi connectivity index (χ3v) is 3.72. The molecule has 1 aliphatic carbocycles. The summed E-state index contributed by atoms with van der Waals surface area (Å²) in [6, 6.07) is 7.86. The zero-order valence-electron chi connectivity index (χ0n) is 9.60. The Morgan fingerprint density at radius 1 is 1.35 bits per heavy atom. The molecule has 2 atom stereocenters. The van der Waals surface area contributed by atoms with Crippen LogP contribution in [0.4, 0.5) is 0 Å². The predicted octanol–water partition coefficient (Wildman–Crippen LogP) is 1.44. The quantitative estimate of drug-likeness (QED) is 0.811. The Morgan fingerprint density at radius 2 is 2.18 bits per heavy atom. The summed E-state index contributed by atoms with van der Waals surface area (Å²) < 4.78 is 5.59. The molecule has 0 spiro atoms. The van der Waals surface area contributed by atoms with Gasteiger partial charge in [-0.05, 0) is 29.2 Å². The maximum atomic E-state index is 10.7. The van der Waals surface area contributed by atoms with Gasteiger partial charge in [-0.2, -0.15) is 0 Å². The lowest BCUT2D eigenvalue weighted by Gasteiger charge is -2.34. The van der Waals surface area contributed by atoms with Gasteiger partial charge in [-0.25, -0.2) is 0 Å². The molecule has 1 aromatic carbocycles. The summed E-state index contributed by atoms with van der Waals surface area (Å²) in [5.41, 5.74) is 2.18. The van der Waals surface area contributed by atoms with Crippen molar-refractivity contribution < 1.29 is 14.9 Å². The summed E-state index contributed by atoms with van der Waals surface area (Å²) in [4.78, 5) is 0. The minimum absolute atomic E-state index is 0.116. The maximum absolute atomic E-state index is 10.7. The van der Waals surface area contributed by atoms with Gasteiger partial charge in [0.2, 0.25) is 0 Å². The van der Waals surface area contributed by atoms with Crippen molar-refractivity contribution in [2.75, 3.05) is 13.2 Å². The van der Waals surface area contributed by atoms with Gasteiger partial charge < -0.3 is 14.9 Å². The molecule has 3 rings (SSSR count). The molecule has 0 amide bonds. The first kappa shape index (κ1) is 11.0. The van der Waals surface area contributed by atoms with E-state index in [9.17, 15) is 5.11 Å². The van der Waals surface area contributed by atoms with Crippen LogP contribution in [0, 0.1) is 0 Å². The Balaban J connectivity index is 2.14. The molecule has 0 saturated carbocycles. The van der Waals surface area contributed by atoms with Crippen LogP contribution in [-0.4, -0.2) is 29.5 Å². The lowest BCUT2D eigenvalue weighted by molar-refractivity contribution is -0.0185. The van der Waals surface area contributed by atoms with E-state index in [1.54, 1.807) is 0 Å². The normalized spacial score (nSPS) is 30.7. The van der Waals surface area contributed by atoms with E-state index in [-0.39, 0.29) is 12.7 Å². The molecule has 17 heavy (non-hydrogen) atoms. The van der Waals surface area contributed by atoms with Gasteiger partial charge in [-0.3, -0.25) is 0 Å². The van der Waals surface area contributed by atoms with Crippen LogP contribution >= 0.6 is 0 Å². The van der Waals surface area contributed by atoms with E-state index in [0.717, 1.165) is 16.7 Å². The van der Waals surface area contributed by atoms with Gasteiger partial charge in [0.25, 0.3) is 0 Å². The molecular weight excluding hydrogens is 216 g/mol. The second kappa shape index (κ2) is 3.95. The predicted molar refractivity (Wildman–Crippen MR) is 64.4 cm³/mol. The van der Waals surface area contributed by atoms with Gasteiger partial charge >= 0.3 is 0 Å². The molecule has 0 bridgehead atoms. The highest BCUT2D eigenvalue weighted by Crippen LogP contribution is 2.45. The van der Waals surface area contributed by atoms with Crippen LogP contribution in [0.3, 0.4) is 0 Å². The topological polar surface area (TPSA) is 49.7 Å². The molecular formula is C14H16O3. The lowest BCUT2D eigenvalue weighted by Crippen LogP contribution is -2.37. The average molecular weight is 232 g/mol. The molecule has 0 aromatic heterocycles. The Labute approximate surface area is 100 Å². The fraction of sp³-hybridized carbons (Fsp3) is 0.429. The summed E-state index contributed by atoms with van der Waals surface area (Å²) in [6.07, 6.45) is 2.94. The van der Waals surface area contributed by atoms with Crippen LogP contribution in [0.2, 0.25) is 0 Å². The van der Waals surface area contributed by atoms with Gasteiger partial charge in [-0.1, -0.05) is 24.3 Å². The van der Waals surface area contributed by atoms with Gasteiger partial charge in [0.05, 0.1) is 6.61 Å². The molecule has 1 fully saturated rings. The van der Waals surface area contributed by atoms with Crippen molar-refractivity contribution in [1.29, 1.82) is 0 Å². The monoisotopic (exact) mass is 232 g/mol. The zero-order chi connectivity index (χ0) is 11.9. The van der Waals surface area contributed by atoms with Crippen LogP contribution in [0.1, 0.15) is 24.0 Å². The minimum Gasteiger partial charge on any atom is -0.396 e. The van der Waals surface area contributed by atoms with Crippen molar-refractivity contribution in [1.82, 2.24) is 0 Å². The van der Waals surface area contributed by atoms with Crippen molar-refractivity contribution in [3.8, 4) is 0 Å². The van der Waals surface area contributed by atoms with Crippen molar-refractivity contribution >= 4 is 5.57 Å². The largest absolute Gasteiger partial charge is 0.396 e. The summed E-state index contributed by atoms with van der Waals surface area (Å²) in [5, 5.41) is 19.8. The Bertz CT molecular complexity index is 466. The molecule has 2 N–H and O–H groups in total. The Hall–Kier alpha value is -1.16. The molecule has 1 aliphatic heterocycles. The van der Waals surface area contributed by atoms with Gasteiger partial charge in [-0.15, -0.1) is 0 Å². The molecule has 1 saturated heterocycles. The van der Waals surface area contributed by atoms with Crippen LogP contribution in [0.15, 0.2) is 30.3 Å². The third-order valence-electron chi connectivity index (χ3n) is 3.72. The highest BCUT2D eigenvalue weighted by molar-refractivity contribution is 5.72. The molecule has 90 valence electrons. The van der Waals surface area contributed by atoms with E-state index in [4.69, 9.17) is 9.84 Å². The van der Waals surface area contributed by atoms with Crippen molar-refractivity contribution in [3.05, 3.63) is 41.5 Å². The molecule has 2 aliphatic rings. The van der Waals surface area contributed by atoms with Crippen LogP contribution in [-0.2, 0) is 10.3 Å². The van der Waals surface area contributed by atoms with E-state index in [1.165, 1.54) is 0 Å². The van der Waals surface area contributed by atoms with Crippen LogP contribution in [0.5, 0.6) is 0 Å². The maximum Gasteiger partial charge on any atom is 0.122 e. The van der Waals surface area contributed by atoms with Crippen molar-refractivity contribution in [2.45, 2.75) is 24.5 Å². The number of aliphatic hydroxyl groups excluding tert-OH is 1. The smallest absolute Gasteiger partial charge is 0.122 e. The van der Waals surface area contributed by atoms with E-state index < -0.39 is 5.60 Å². The van der Waals surface area contributed by atoms with Gasteiger partial charge in [0.15, 0.2) is 0 Å². The SMILES string of the molecule is OCCC1=C[C@@H]2OCC[C@]2(O)c2ccccc21. The fourth-order valence-corrected chi connectivity index (χ4v) is 2.85. The van der Waals surface area contributed by atoms with E-state index in [1.807, 2.05) is 30.3 Å². The molecule has 3 heteroatoms. The lowest BCUT2D eigenvalue weighted by atomic mass is 9.76. The number of aliphatic hydroxyl groups is 2. The first-order chi connectivity index (χ1) is 8.25. The number of hydrogen-bond acceptors (Lipinski definition) is 3. The first-order valence-electron chi connectivity index (χ1n) is 6.01. The summed E-state index contributed by atoms with van der Waals surface area (Å²) in [5.74, 6) is 0. The first-order valence-corrected chi connectivity index (χ1v) is 6.01. The van der Waals surface area contributed by atoms with Crippen LogP contribution < -0.4 is 0 Å². The molecule has 1 heterocycles. The third kappa shape index (κ3) is 1.54. The highest BCUT2D eigenvalue weighted by Gasteiger charge is 2.46. The number of rotatable bonds is 2.